The number of halogens is 2. The lowest BCUT2D eigenvalue weighted by atomic mass is 10.00. The number of benzene rings is 1. The summed E-state index contributed by atoms with van der Waals surface area (Å²) in [6.07, 6.45) is 1.08. The zero-order valence-corrected chi connectivity index (χ0v) is 12.3. The van der Waals surface area contributed by atoms with Gasteiger partial charge in [-0.25, -0.2) is 0 Å². The van der Waals surface area contributed by atoms with E-state index in [4.69, 9.17) is 5.73 Å². The number of nitrogens with two attached hydrogens (primary N) is 1. The van der Waals surface area contributed by atoms with E-state index in [-0.39, 0.29) is 24.8 Å². The first-order chi connectivity index (χ1) is 7.79. The number of rotatable bonds is 3. The Morgan fingerprint density at radius 2 is 1.94 bits per heavy atom. The predicted molar refractivity (Wildman–Crippen MR) is 81.7 cm³/mol. The number of hydrogen-bond acceptors (Lipinski definition) is 3. The summed E-state index contributed by atoms with van der Waals surface area (Å²) in [5, 5.41) is 3.30. The second-order valence-corrected chi connectivity index (χ2v) is 4.57. The smallest absolute Gasteiger partial charge is 0.0345 e. The van der Waals surface area contributed by atoms with E-state index >= 15 is 0 Å². The highest BCUT2D eigenvalue weighted by atomic mass is 35.5. The second kappa shape index (κ2) is 8.73. The van der Waals surface area contributed by atoms with Gasteiger partial charge < -0.3 is 11.1 Å². The summed E-state index contributed by atoms with van der Waals surface area (Å²) in [6.45, 7) is 3.19. The molecule has 0 aromatic heterocycles. The molecule has 0 bridgehead atoms. The van der Waals surface area contributed by atoms with Gasteiger partial charge in [0.15, 0.2) is 0 Å². The van der Waals surface area contributed by atoms with Gasteiger partial charge in [0.2, 0.25) is 0 Å². The van der Waals surface area contributed by atoms with E-state index in [9.17, 15) is 0 Å². The van der Waals surface area contributed by atoms with Gasteiger partial charge in [-0.1, -0.05) is 30.3 Å². The third-order valence-corrected chi connectivity index (χ3v) is 3.37. The summed E-state index contributed by atoms with van der Waals surface area (Å²) in [6, 6.07) is 11.4. The van der Waals surface area contributed by atoms with Crippen LogP contribution in [0.3, 0.4) is 0 Å². The fraction of sp³-hybridized carbons (Fsp3) is 0.538. The molecule has 0 radical (unpaired) electrons. The Balaban J connectivity index is 0.00000144. The van der Waals surface area contributed by atoms with Crippen molar-refractivity contribution in [2.45, 2.75) is 25.0 Å². The summed E-state index contributed by atoms with van der Waals surface area (Å²) in [4.78, 5) is 2.47. The summed E-state index contributed by atoms with van der Waals surface area (Å²) in [5.41, 5.74) is 7.44. The van der Waals surface area contributed by atoms with E-state index in [1.807, 2.05) is 7.05 Å². The Morgan fingerprint density at radius 3 is 2.56 bits per heavy atom. The van der Waals surface area contributed by atoms with Crippen LogP contribution in [-0.4, -0.2) is 37.1 Å². The van der Waals surface area contributed by atoms with Gasteiger partial charge in [0, 0.05) is 31.7 Å². The lowest BCUT2D eigenvalue weighted by Gasteiger charge is -2.36. The minimum absolute atomic E-state index is 0. The minimum Gasteiger partial charge on any atom is -0.326 e. The maximum absolute atomic E-state index is 6.06. The summed E-state index contributed by atoms with van der Waals surface area (Å²) >= 11 is 0. The number of nitrogens with zero attached hydrogens (tertiary/aromatic N) is 1. The molecule has 1 fully saturated rings. The fourth-order valence-electron chi connectivity index (χ4n) is 2.33. The first kappa shape index (κ1) is 17.7. The monoisotopic (exact) mass is 291 g/mol. The molecule has 0 aliphatic carbocycles. The largest absolute Gasteiger partial charge is 0.326 e. The molecule has 2 rings (SSSR count). The Labute approximate surface area is 122 Å². The third-order valence-electron chi connectivity index (χ3n) is 3.37. The molecule has 1 aromatic rings. The highest BCUT2D eigenvalue weighted by Crippen LogP contribution is 2.12. The molecule has 2 atom stereocenters. The maximum atomic E-state index is 6.06. The van der Waals surface area contributed by atoms with Crippen molar-refractivity contribution < 1.29 is 0 Å². The van der Waals surface area contributed by atoms with E-state index in [2.05, 4.69) is 40.5 Å². The molecule has 104 valence electrons. The van der Waals surface area contributed by atoms with Crippen molar-refractivity contribution in [3.05, 3.63) is 35.9 Å². The summed E-state index contributed by atoms with van der Waals surface area (Å²) in [7, 11) is 2.00. The first-order valence-corrected chi connectivity index (χ1v) is 5.98. The fourth-order valence-corrected chi connectivity index (χ4v) is 2.33. The summed E-state index contributed by atoms with van der Waals surface area (Å²) < 4.78 is 0. The van der Waals surface area contributed by atoms with Crippen LogP contribution in [0, 0.1) is 0 Å². The van der Waals surface area contributed by atoms with Crippen molar-refractivity contribution in [1.82, 2.24) is 10.2 Å². The number of likely N-dealkylation sites (tertiary alicyclic amines) is 1. The van der Waals surface area contributed by atoms with Gasteiger partial charge in [-0.05, 0) is 19.0 Å². The Bertz CT molecular complexity index is 321. The number of likely N-dealkylation sites (N-methyl/N-ethyl adjacent to an activating group) is 1. The molecule has 0 saturated carbocycles. The highest BCUT2D eigenvalue weighted by Gasteiger charge is 2.24. The molecule has 0 unspecified atom stereocenters. The van der Waals surface area contributed by atoms with Crippen LogP contribution in [0.2, 0.25) is 0 Å². The number of piperidine rings is 1. The van der Waals surface area contributed by atoms with Gasteiger partial charge in [-0.15, -0.1) is 24.8 Å². The molecule has 1 aromatic carbocycles. The average Bonchev–Trinajstić information content (AvgIpc) is 2.33. The van der Waals surface area contributed by atoms with Gasteiger partial charge in [0.05, 0.1) is 0 Å². The van der Waals surface area contributed by atoms with Gasteiger partial charge in [-0.2, -0.15) is 0 Å². The molecular weight excluding hydrogens is 269 g/mol. The molecule has 1 aliphatic rings. The van der Waals surface area contributed by atoms with Crippen LogP contribution < -0.4 is 11.1 Å². The topological polar surface area (TPSA) is 41.3 Å². The van der Waals surface area contributed by atoms with Crippen molar-refractivity contribution in [3.63, 3.8) is 0 Å². The Morgan fingerprint density at radius 1 is 1.28 bits per heavy atom. The van der Waals surface area contributed by atoms with Gasteiger partial charge >= 0.3 is 0 Å². The van der Waals surface area contributed by atoms with Crippen LogP contribution >= 0.6 is 24.8 Å². The van der Waals surface area contributed by atoms with Gasteiger partial charge in [0.25, 0.3) is 0 Å². The van der Waals surface area contributed by atoms with E-state index in [0.717, 1.165) is 26.1 Å². The molecule has 0 amide bonds. The van der Waals surface area contributed by atoms with Crippen molar-refractivity contribution in [2.24, 2.45) is 5.73 Å². The SMILES string of the molecule is CN[C@@H]1CN(Cc2ccccc2)CC[C@@H]1N.Cl.Cl. The highest BCUT2D eigenvalue weighted by molar-refractivity contribution is 5.85. The standard InChI is InChI=1S/C13H21N3.2ClH/c1-15-13-10-16(8-7-12(13)14)9-11-5-3-2-4-6-11;;/h2-6,12-13,15H,7-10,14H2,1H3;2*1H/t12-,13+;;/m0../s1. The summed E-state index contributed by atoms with van der Waals surface area (Å²) in [5.74, 6) is 0. The lowest BCUT2D eigenvalue weighted by Crippen LogP contribution is -2.55. The van der Waals surface area contributed by atoms with Crippen molar-refractivity contribution >= 4 is 24.8 Å². The van der Waals surface area contributed by atoms with Crippen LogP contribution in [0.4, 0.5) is 0 Å². The molecule has 1 aliphatic heterocycles. The van der Waals surface area contributed by atoms with Crippen molar-refractivity contribution in [2.75, 3.05) is 20.1 Å². The molecule has 3 N–H and O–H groups in total. The third kappa shape index (κ3) is 4.75. The van der Waals surface area contributed by atoms with E-state index in [1.165, 1.54) is 5.56 Å². The molecule has 5 heteroatoms. The zero-order valence-electron chi connectivity index (χ0n) is 10.7. The van der Waals surface area contributed by atoms with Crippen LogP contribution in [0.25, 0.3) is 0 Å². The van der Waals surface area contributed by atoms with Crippen LogP contribution in [0.15, 0.2) is 30.3 Å². The molecule has 0 spiro atoms. The molecule has 1 saturated heterocycles. The van der Waals surface area contributed by atoms with Crippen LogP contribution in [0.5, 0.6) is 0 Å². The Hall–Kier alpha value is -0.320. The molecule has 1 heterocycles. The average molecular weight is 292 g/mol. The van der Waals surface area contributed by atoms with Crippen LogP contribution in [0.1, 0.15) is 12.0 Å². The normalized spacial score (nSPS) is 23.9. The number of nitrogens with one attached hydrogen (secondary N) is 1. The maximum Gasteiger partial charge on any atom is 0.0345 e. The zero-order chi connectivity index (χ0) is 11.4. The molecule has 18 heavy (non-hydrogen) atoms. The van der Waals surface area contributed by atoms with Crippen molar-refractivity contribution in [3.8, 4) is 0 Å². The number of hydrogen-bond donors (Lipinski definition) is 2. The molecular formula is C13H23Cl2N3. The quantitative estimate of drug-likeness (QED) is 0.890. The van der Waals surface area contributed by atoms with Crippen molar-refractivity contribution in [1.29, 1.82) is 0 Å². The lowest BCUT2D eigenvalue weighted by molar-refractivity contribution is 0.170. The van der Waals surface area contributed by atoms with Gasteiger partial charge in [-0.3, -0.25) is 4.90 Å². The predicted octanol–water partition coefficient (Wildman–Crippen LogP) is 1.65. The minimum atomic E-state index is 0. The molecule has 3 nitrogen and oxygen atoms in total. The van der Waals surface area contributed by atoms with E-state index in [0.29, 0.717) is 12.1 Å². The van der Waals surface area contributed by atoms with Gasteiger partial charge in [0.1, 0.15) is 0 Å². The Kier molecular flexibility index (Phi) is 8.57. The van der Waals surface area contributed by atoms with E-state index in [1.54, 1.807) is 0 Å². The second-order valence-electron chi connectivity index (χ2n) is 4.57. The first-order valence-electron chi connectivity index (χ1n) is 5.98. The van der Waals surface area contributed by atoms with E-state index < -0.39 is 0 Å². The van der Waals surface area contributed by atoms with Crippen LogP contribution in [-0.2, 0) is 6.54 Å².